The monoisotopic (exact) mass is 307 g/mol. The molecular formula is C16H21NO5. The van der Waals surface area contributed by atoms with Crippen LogP contribution < -0.4 is 14.8 Å². The highest BCUT2D eigenvalue weighted by Gasteiger charge is 2.29. The third-order valence-corrected chi connectivity index (χ3v) is 2.95. The van der Waals surface area contributed by atoms with Crippen LogP contribution in [0.15, 0.2) is 30.9 Å². The zero-order valence-corrected chi connectivity index (χ0v) is 13.0. The zero-order valence-electron chi connectivity index (χ0n) is 13.0. The molecule has 0 spiro atoms. The van der Waals surface area contributed by atoms with Gasteiger partial charge in [-0.25, -0.2) is 4.79 Å². The van der Waals surface area contributed by atoms with Crippen LogP contribution in [0.25, 0.3) is 0 Å². The molecule has 0 saturated carbocycles. The van der Waals surface area contributed by atoms with Gasteiger partial charge in [0.1, 0.15) is 5.54 Å². The second kappa shape index (κ2) is 7.49. The maximum Gasteiger partial charge on any atom is 0.328 e. The molecule has 22 heavy (non-hydrogen) atoms. The first-order valence-electron chi connectivity index (χ1n) is 6.75. The molecule has 0 atom stereocenters. The van der Waals surface area contributed by atoms with Crippen LogP contribution in [0.3, 0.4) is 0 Å². The average Bonchev–Trinajstić information content (AvgIpc) is 2.45. The van der Waals surface area contributed by atoms with E-state index in [2.05, 4.69) is 11.9 Å². The molecule has 0 fully saturated rings. The van der Waals surface area contributed by atoms with Gasteiger partial charge in [0.25, 0.3) is 5.91 Å². The van der Waals surface area contributed by atoms with Gasteiger partial charge in [0, 0.05) is 0 Å². The molecule has 0 aromatic heterocycles. The number of benzene rings is 1. The summed E-state index contributed by atoms with van der Waals surface area (Å²) in [6, 6.07) is 5.35. The zero-order chi connectivity index (χ0) is 16.8. The number of hydrogen-bond donors (Lipinski definition) is 2. The van der Waals surface area contributed by atoms with E-state index in [9.17, 15) is 9.59 Å². The Hall–Kier alpha value is -2.50. The van der Waals surface area contributed by atoms with Gasteiger partial charge >= 0.3 is 5.97 Å². The van der Waals surface area contributed by atoms with Crippen molar-refractivity contribution in [3.8, 4) is 11.5 Å². The Morgan fingerprint density at radius 3 is 2.59 bits per heavy atom. The van der Waals surface area contributed by atoms with Gasteiger partial charge in [0.05, 0.1) is 7.11 Å². The van der Waals surface area contributed by atoms with Crippen molar-refractivity contribution >= 4 is 11.9 Å². The minimum atomic E-state index is -1.35. The van der Waals surface area contributed by atoms with Gasteiger partial charge < -0.3 is 19.9 Å². The van der Waals surface area contributed by atoms with E-state index >= 15 is 0 Å². The van der Waals surface area contributed by atoms with Gasteiger partial charge in [-0.1, -0.05) is 12.1 Å². The van der Waals surface area contributed by atoms with Crippen molar-refractivity contribution in [3.63, 3.8) is 0 Å². The third-order valence-electron chi connectivity index (χ3n) is 2.95. The summed E-state index contributed by atoms with van der Waals surface area (Å²) in [5, 5.41) is 11.3. The molecule has 0 aliphatic heterocycles. The molecule has 1 aromatic carbocycles. The van der Waals surface area contributed by atoms with Crippen LogP contribution in [0.5, 0.6) is 11.5 Å². The Kier molecular flexibility index (Phi) is 5.98. The van der Waals surface area contributed by atoms with Crippen LogP contribution in [0, 0.1) is 0 Å². The maximum atomic E-state index is 11.8. The Labute approximate surface area is 129 Å². The number of carboxylic acids is 1. The Morgan fingerprint density at radius 1 is 1.36 bits per heavy atom. The van der Waals surface area contributed by atoms with E-state index in [1.54, 1.807) is 18.2 Å². The van der Waals surface area contributed by atoms with Crippen LogP contribution in [0.2, 0.25) is 0 Å². The molecular weight excluding hydrogens is 286 g/mol. The second-order valence-corrected chi connectivity index (χ2v) is 5.25. The second-order valence-electron chi connectivity index (χ2n) is 5.25. The van der Waals surface area contributed by atoms with Crippen LogP contribution >= 0.6 is 0 Å². The summed E-state index contributed by atoms with van der Waals surface area (Å²) in [6.45, 7) is 6.17. The standard InChI is InChI=1S/C16H21NO5/c1-5-6-11-7-8-12(13(9-11)21-4)22-10-14(18)17-16(2,3)15(19)20/h5,7-9H,1,6,10H2,2-4H3,(H,17,18)(H,19,20). The number of amides is 1. The average molecular weight is 307 g/mol. The normalized spacial score (nSPS) is 10.7. The minimum absolute atomic E-state index is 0.298. The lowest BCUT2D eigenvalue weighted by Crippen LogP contribution is -2.51. The van der Waals surface area contributed by atoms with E-state index in [0.29, 0.717) is 17.9 Å². The fraction of sp³-hybridized carbons (Fsp3) is 0.375. The van der Waals surface area contributed by atoms with E-state index in [-0.39, 0.29) is 6.61 Å². The first-order valence-corrected chi connectivity index (χ1v) is 6.75. The molecule has 0 bridgehead atoms. The molecule has 6 heteroatoms. The van der Waals surface area contributed by atoms with Crippen molar-refractivity contribution in [2.24, 2.45) is 0 Å². The lowest BCUT2D eigenvalue weighted by atomic mass is 10.1. The fourth-order valence-corrected chi connectivity index (χ4v) is 1.71. The molecule has 6 nitrogen and oxygen atoms in total. The molecule has 0 aliphatic rings. The van der Waals surface area contributed by atoms with Gasteiger partial charge in [0.2, 0.25) is 0 Å². The molecule has 2 N–H and O–H groups in total. The number of carbonyl (C=O) groups is 2. The quantitative estimate of drug-likeness (QED) is 0.715. The molecule has 0 heterocycles. The highest BCUT2D eigenvalue weighted by atomic mass is 16.5. The number of rotatable bonds is 8. The van der Waals surface area contributed by atoms with Crippen molar-refractivity contribution in [2.45, 2.75) is 25.8 Å². The first-order chi connectivity index (χ1) is 10.3. The molecule has 1 rings (SSSR count). The van der Waals surface area contributed by atoms with Crippen LogP contribution in [-0.4, -0.2) is 36.2 Å². The first kappa shape index (κ1) is 17.6. The lowest BCUT2D eigenvalue weighted by Gasteiger charge is -2.21. The van der Waals surface area contributed by atoms with Gasteiger partial charge in [-0.15, -0.1) is 6.58 Å². The summed E-state index contributed by atoms with van der Waals surface area (Å²) < 4.78 is 10.6. The van der Waals surface area contributed by atoms with Crippen molar-refractivity contribution in [1.29, 1.82) is 0 Å². The number of methoxy groups -OCH3 is 1. The van der Waals surface area contributed by atoms with E-state index < -0.39 is 17.4 Å². The van der Waals surface area contributed by atoms with Gasteiger partial charge in [-0.2, -0.15) is 0 Å². The molecule has 0 saturated heterocycles. The summed E-state index contributed by atoms with van der Waals surface area (Å²) >= 11 is 0. The number of allylic oxidation sites excluding steroid dienone is 1. The molecule has 1 aromatic rings. The largest absolute Gasteiger partial charge is 0.493 e. The van der Waals surface area contributed by atoms with E-state index in [1.165, 1.54) is 21.0 Å². The van der Waals surface area contributed by atoms with Crippen molar-refractivity contribution in [2.75, 3.05) is 13.7 Å². The summed E-state index contributed by atoms with van der Waals surface area (Å²) in [6.07, 6.45) is 2.47. The summed E-state index contributed by atoms with van der Waals surface area (Å²) in [4.78, 5) is 22.7. The van der Waals surface area contributed by atoms with Crippen molar-refractivity contribution < 1.29 is 24.2 Å². The Balaban J connectivity index is 2.69. The number of ether oxygens (including phenoxy) is 2. The topological polar surface area (TPSA) is 84.9 Å². The molecule has 0 unspecified atom stereocenters. The molecule has 1 amide bonds. The Morgan fingerprint density at radius 2 is 2.05 bits per heavy atom. The maximum absolute atomic E-state index is 11.8. The Bertz CT molecular complexity index is 566. The fourth-order valence-electron chi connectivity index (χ4n) is 1.71. The SMILES string of the molecule is C=CCc1ccc(OCC(=O)NC(C)(C)C(=O)O)c(OC)c1. The predicted molar refractivity (Wildman–Crippen MR) is 82.2 cm³/mol. The molecule has 120 valence electrons. The van der Waals surface area contributed by atoms with Crippen LogP contribution in [0.1, 0.15) is 19.4 Å². The lowest BCUT2D eigenvalue weighted by molar-refractivity contribution is -0.146. The highest BCUT2D eigenvalue weighted by Crippen LogP contribution is 2.28. The van der Waals surface area contributed by atoms with Gasteiger partial charge in [-0.05, 0) is 38.0 Å². The third kappa shape index (κ3) is 4.80. The number of hydrogen-bond acceptors (Lipinski definition) is 4. The number of carboxylic acid groups (broad SMARTS) is 1. The van der Waals surface area contributed by atoms with E-state index in [1.807, 2.05) is 6.07 Å². The van der Waals surface area contributed by atoms with Crippen LogP contribution in [-0.2, 0) is 16.0 Å². The van der Waals surface area contributed by atoms with Crippen LogP contribution in [0.4, 0.5) is 0 Å². The van der Waals surface area contributed by atoms with Crippen molar-refractivity contribution in [3.05, 3.63) is 36.4 Å². The summed E-state index contributed by atoms with van der Waals surface area (Å²) in [5.74, 6) is -0.722. The molecule has 0 aliphatic carbocycles. The van der Waals surface area contributed by atoms with E-state index in [0.717, 1.165) is 5.56 Å². The summed E-state index contributed by atoms with van der Waals surface area (Å²) in [5.41, 5.74) is -0.339. The van der Waals surface area contributed by atoms with Gasteiger partial charge in [0.15, 0.2) is 18.1 Å². The van der Waals surface area contributed by atoms with Gasteiger partial charge in [-0.3, -0.25) is 4.79 Å². The minimum Gasteiger partial charge on any atom is -0.493 e. The number of carbonyl (C=O) groups excluding carboxylic acids is 1. The highest BCUT2D eigenvalue weighted by molar-refractivity contribution is 5.86. The van der Waals surface area contributed by atoms with E-state index in [4.69, 9.17) is 14.6 Å². The van der Waals surface area contributed by atoms with Crippen molar-refractivity contribution in [1.82, 2.24) is 5.32 Å². The molecule has 0 radical (unpaired) electrons. The number of nitrogens with one attached hydrogen (secondary N) is 1. The smallest absolute Gasteiger partial charge is 0.328 e. The predicted octanol–water partition coefficient (Wildman–Crippen LogP) is 1.78. The summed E-state index contributed by atoms with van der Waals surface area (Å²) in [7, 11) is 1.51. The number of aliphatic carboxylic acids is 1.